The number of esters is 1. The van der Waals surface area contributed by atoms with E-state index in [2.05, 4.69) is 15.6 Å². The molecule has 176 valence electrons. The van der Waals surface area contributed by atoms with Crippen LogP contribution < -0.4 is 10.6 Å². The molecule has 0 unspecified atom stereocenters. The Bertz CT molecular complexity index is 1440. The van der Waals surface area contributed by atoms with Crippen molar-refractivity contribution in [2.75, 3.05) is 17.2 Å². The summed E-state index contributed by atoms with van der Waals surface area (Å²) in [6, 6.07) is 20.3. The highest BCUT2D eigenvalue weighted by atomic mass is 35.5. The number of anilines is 2. The summed E-state index contributed by atoms with van der Waals surface area (Å²) in [6.45, 7) is 0.920. The molecule has 3 aromatic carbocycles. The standard InChI is InChI=1S/C26H19Cl2N3O4/c1-15(32)29-17-7-9-18(10-8-17)30-25(33)14-35-26(34)21-13-24(20-11-6-16(27)12-22(20)28)31-23-5-3-2-4-19(21)23/h2-13H,14H2,1H3,(H,29,32)(H,30,33). The summed E-state index contributed by atoms with van der Waals surface area (Å²) in [5.74, 6) is -1.38. The first-order valence-corrected chi connectivity index (χ1v) is 11.3. The molecule has 0 atom stereocenters. The summed E-state index contributed by atoms with van der Waals surface area (Å²) < 4.78 is 5.30. The molecule has 2 amide bonds. The topological polar surface area (TPSA) is 97.4 Å². The van der Waals surface area contributed by atoms with Gasteiger partial charge in [-0.25, -0.2) is 9.78 Å². The highest BCUT2D eigenvalue weighted by Gasteiger charge is 2.18. The SMILES string of the molecule is CC(=O)Nc1ccc(NC(=O)COC(=O)c2cc(-c3ccc(Cl)cc3Cl)nc3ccccc23)cc1. The lowest BCUT2D eigenvalue weighted by Gasteiger charge is -2.11. The second-order valence-electron chi connectivity index (χ2n) is 7.58. The van der Waals surface area contributed by atoms with E-state index in [9.17, 15) is 14.4 Å². The fourth-order valence-corrected chi connectivity index (χ4v) is 3.93. The summed E-state index contributed by atoms with van der Waals surface area (Å²) >= 11 is 12.4. The van der Waals surface area contributed by atoms with Crippen LogP contribution in [0, 0.1) is 0 Å². The number of halogens is 2. The van der Waals surface area contributed by atoms with Gasteiger partial charge in [0.05, 0.1) is 21.8 Å². The van der Waals surface area contributed by atoms with Crippen LogP contribution in [0.5, 0.6) is 0 Å². The van der Waals surface area contributed by atoms with Gasteiger partial charge in [-0.2, -0.15) is 0 Å². The number of rotatable bonds is 6. The Morgan fingerprint density at radius 2 is 1.57 bits per heavy atom. The largest absolute Gasteiger partial charge is 0.452 e. The van der Waals surface area contributed by atoms with E-state index in [-0.39, 0.29) is 11.5 Å². The lowest BCUT2D eigenvalue weighted by molar-refractivity contribution is -0.119. The maximum absolute atomic E-state index is 13.0. The minimum absolute atomic E-state index is 0.196. The lowest BCUT2D eigenvalue weighted by Crippen LogP contribution is -2.21. The Morgan fingerprint density at radius 1 is 0.886 bits per heavy atom. The zero-order chi connectivity index (χ0) is 24.9. The monoisotopic (exact) mass is 507 g/mol. The van der Waals surface area contributed by atoms with E-state index in [0.29, 0.717) is 43.6 Å². The number of nitrogens with zero attached hydrogens (tertiary/aromatic N) is 1. The number of benzene rings is 3. The number of aromatic nitrogens is 1. The van der Waals surface area contributed by atoms with Crippen LogP contribution in [-0.4, -0.2) is 29.4 Å². The van der Waals surface area contributed by atoms with Crippen molar-refractivity contribution in [3.05, 3.63) is 88.4 Å². The van der Waals surface area contributed by atoms with E-state index in [0.717, 1.165) is 0 Å². The lowest BCUT2D eigenvalue weighted by atomic mass is 10.0. The summed E-state index contributed by atoms with van der Waals surface area (Å²) in [7, 11) is 0. The van der Waals surface area contributed by atoms with Crippen molar-refractivity contribution >= 4 is 63.3 Å². The second-order valence-corrected chi connectivity index (χ2v) is 8.42. The number of pyridine rings is 1. The average Bonchev–Trinajstić information content (AvgIpc) is 2.83. The zero-order valence-electron chi connectivity index (χ0n) is 18.5. The van der Waals surface area contributed by atoms with Crippen molar-refractivity contribution < 1.29 is 19.1 Å². The van der Waals surface area contributed by atoms with E-state index in [1.807, 2.05) is 6.07 Å². The molecule has 4 rings (SSSR count). The number of carbonyl (C=O) groups excluding carboxylic acids is 3. The number of carbonyl (C=O) groups is 3. The Hall–Kier alpha value is -3.94. The first-order chi connectivity index (χ1) is 16.8. The van der Waals surface area contributed by atoms with E-state index in [4.69, 9.17) is 27.9 Å². The smallest absolute Gasteiger partial charge is 0.339 e. The van der Waals surface area contributed by atoms with Crippen LogP contribution in [0.4, 0.5) is 11.4 Å². The quantitative estimate of drug-likeness (QED) is 0.313. The number of hydrogen-bond donors (Lipinski definition) is 2. The first-order valence-electron chi connectivity index (χ1n) is 10.5. The third-order valence-corrected chi connectivity index (χ3v) is 5.51. The van der Waals surface area contributed by atoms with Gasteiger partial charge in [0.1, 0.15) is 0 Å². The maximum Gasteiger partial charge on any atom is 0.339 e. The molecule has 2 N–H and O–H groups in total. The minimum atomic E-state index is -0.675. The van der Waals surface area contributed by atoms with Gasteiger partial charge in [-0.15, -0.1) is 0 Å². The van der Waals surface area contributed by atoms with Crippen molar-refractivity contribution in [2.45, 2.75) is 6.92 Å². The fraction of sp³-hybridized carbons (Fsp3) is 0.0769. The molecule has 35 heavy (non-hydrogen) atoms. The number of nitrogens with one attached hydrogen (secondary N) is 2. The third kappa shape index (κ3) is 5.95. The average molecular weight is 508 g/mol. The molecule has 0 bridgehead atoms. The Morgan fingerprint density at radius 3 is 2.26 bits per heavy atom. The van der Waals surface area contributed by atoms with Crippen LogP contribution in [0.15, 0.2) is 72.8 Å². The highest BCUT2D eigenvalue weighted by Crippen LogP contribution is 2.32. The van der Waals surface area contributed by atoms with Crippen molar-refractivity contribution in [1.29, 1.82) is 0 Å². The van der Waals surface area contributed by atoms with Gasteiger partial charge in [0.15, 0.2) is 6.61 Å². The van der Waals surface area contributed by atoms with Gasteiger partial charge in [-0.3, -0.25) is 9.59 Å². The van der Waals surface area contributed by atoms with Gasteiger partial charge in [-0.05, 0) is 54.6 Å². The number of amides is 2. The molecule has 9 heteroatoms. The molecule has 0 saturated carbocycles. The van der Waals surface area contributed by atoms with Gasteiger partial charge >= 0.3 is 5.97 Å². The van der Waals surface area contributed by atoms with Gasteiger partial charge in [0.2, 0.25) is 5.91 Å². The Labute approximate surface area is 211 Å². The number of ether oxygens (including phenoxy) is 1. The van der Waals surface area contributed by atoms with Crippen LogP contribution in [0.25, 0.3) is 22.2 Å². The van der Waals surface area contributed by atoms with Crippen molar-refractivity contribution in [2.24, 2.45) is 0 Å². The zero-order valence-corrected chi connectivity index (χ0v) is 20.0. The van der Waals surface area contributed by atoms with Crippen LogP contribution in [0.3, 0.4) is 0 Å². The second kappa shape index (κ2) is 10.5. The minimum Gasteiger partial charge on any atom is -0.452 e. The van der Waals surface area contributed by atoms with Gasteiger partial charge < -0.3 is 15.4 Å². The number of hydrogen-bond acceptors (Lipinski definition) is 5. The van der Waals surface area contributed by atoms with E-state index >= 15 is 0 Å². The third-order valence-electron chi connectivity index (χ3n) is 4.97. The van der Waals surface area contributed by atoms with E-state index < -0.39 is 18.5 Å². The Kier molecular flexibility index (Phi) is 7.29. The predicted octanol–water partition coefficient (Wildman–Crippen LogP) is 5.96. The summed E-state index contributed by atoms with van der Waals surface area (Å²) in [6.07, 6.45) is 0. The molecule has 0 spiro atoms. The number of fused-ring (bicyclic) bond motifs is 1. The molecule has 0 aliphatic rings. The van der Waals surface area contributed by atoms with Crippen molar-refractivity contribution in [3.8, 4) is 11.3 Å². The molecule has 4 aromatic rings. The molecular weight excluding hydrogens is 489 g/mol. The van der Waals surface area contributed by atoms with Crippen molar-refractivity contribution in [3.63, 3.8) is 0 Å². The van der Waals surface area contributed by atoms with Gasteiger partial charge in [0.25, 0.3) is 5.91 Å². The first kappa shape index (κ1) is 24.2. The van der Waals surface area contributed by atoms with Crippen molar-refractivity contribution in [1.82, 2.24) is 4.98 Å². The molecule has 1 aromatic heterocycles. The van der Waals surface area contributed by atoms with Crippen LogP contribution in [0.1, 0.15) is 17.3 Å². The molecule has 0 aliphatic carbocycles. The van der Waals surface area contributed by atoms with Crippen LogP contribution >= 0.6 is 23.2 Å². The molecular formula is C26H19Cl2N3O4. The summed E-state index contributed by atoms with van der Waals surface area (Å²) in [5.41, 5.74) is 3.00. The van der Waals surface area contributed by atoms with Crippen LogP contribution in [-0.2, 0) is 14.3 Å². The van der Waals surface area contributed by atoms with Crippen LogP contribution in [0.2, 0.25) is 10.0 Å². The molecule has 7 nitrogen and oxygen atoms in total. The fourth-order valence-electron chi connectivity index (χ4n) is 3.43. The highest BCUT2D eigenvalue weighted by molar-refractivity contribution is 6.36. The molecule has 0 fully saturated rings. The van der Waals surface area contributed by atoms with E-state index in [1.54, 1.807) is 66.7 Å². The maximum atomic E-state index is 13.0. The molecule has 0 aliphatic heterocycles. The Balaban J connectivity index is 1.51. The normalized spacial score (nSPS) is 10.6. The van der Waals surface area contributed by atoms with Gasteiger partial charge in [-0.1, -0.05) is 41.4 Å². The van der Waals surface area contributed by atoms with E-state index in [1.165, 1.54) is 6.92 Å². The predicted molar refractivity (Wildman–Crippen MR) is 137 cm³/mol. The summed E-state index contributed by atoms with van der Waals surface area (Å²) in [5, 5.41) is 6.74. The molecule has 0 saturated heterocycles. The molecule has 1 heterocycles. The summed E-state index contributed by atoms with van der Waals surface area (Å²) in [4.78, 5) is 41.0. The molecule has 0 radical (unpaired) electrons. The number of para-hydroxylation sites is 1. The van der Waals surface area contributed by atoms with Gasteiger partial charge in [0, 0.05) is 34.3 Å².